The Morgan fingerprint density at radius 2 is 1.90 bits per heavy atom. The average molecular weight is 308 g/mol. The first-order chi connectivity index (χ1) is 9.35. The summed E-state index contributed by atoms with van der Waals surface area (Å²) in [5.41, 5.74) is 0.690. The molecule has 0 aliphatic heterocycles. The Hall–Kier alpha value is -1.04. The normalized spacial score (nSPS) is 23.6. The van der Waals surface area contributed by atoms with Gasteiger partial charge in [-0.2, -0.15) is 13.2 Å². The van der Waals surface area contributed by atoms with Gasteiger partial charge in [0.05, 0.1) is 5.69 Å². The smallest absolute Gasteiger partial charge is 0.366 e. The second-order valence-electron chi connectivity index (χ2n) is 5.30. The lowest BCUT2D eigenvalue weighted by Gasteiger charge is -2.30. The van der Waals surface area contributed by atoms with Crippen molar-refractivity contribution >= 4 is 17.4 Å². The Kier molecular flexibility index (Phi) is 4.73. The van der Waals surface area contributed by atoms with Crippen LogP contribution in [0, 0.1) is 12.8 Å². The molecule has 0 radical (unpaired) electrons. The van der Waals surface area contributed by atoms with E-state index in [9.17, 15) is 13.2 Å². The van der Waals surface area contributed by atoms with E-state index in [0.717, 1.165) is 0 Å². The van der Waals surface area contributed by atoms with Gasteiger partial charge in [-0.1, -0.05) is 11.6 Å². The highest BCUT2D eigenvalue weighted by atomic mass is 35.5. The van der Waals surface area contributed by atoms with Crippen LogP contribution in [0.2, 0.25) is 5.02 Å². The molecule has 1 saturated carbocycles. The molecule has 0 saturated heterocycles. The second-order valence-corrected chi connectivity index (χ2v) is 5.68. The molecule has 3 nitrogen and oxygen atoms in total. The van der Waals surface area contributed by atoms with Crippen LogP contribution in [0.5, 0.6) is 0 Å². The molecule has 1 heterocycles. The molecule has 112 valence electrons. The van der Waals surface area contributed by atoms with Gasteiger partial charge in [-0.3, -0.25) is 0 Å². The third-order valence-corrected chi connectivity index (χ3v) is 4.12. The third-order valence-electron chi connectivity index (χ3n) is 3.67. The molecule has 0 unspecified atom stereocenters. The van der Waals surface area contributed by atoms with Crippen molar-refractivity contribution in [3.05, 3.63) is 17.0 Å². The number of aromatic nitrogens is 2. The van der Waals surface area contributed by atoms with E-state index in [1.165, 1.54) is 6.33 Å². The molecular formula is C13H17ClF3N3. The molecule has 1 aromatic heterocycles. The zero-order chi connectivity index (χ0) is 14.8. The van der Waals surface area contributed by atoms with Crippen LogP contribution < -0.4 is 5.32 Å². The van der Waals surface area contributed by atoms with Crippen LogP contribution in [-0.4, -0.2) is 22.2 Å². The summed E-state index contributed by atoms with van der Waals surface area (Å²) in [5.74, 6) is 0.314. The average Bonchev–Trinajstić information content (AvgIpc) is 2.35. The Balaban J connectivity index is 1.87. The monoisotopic (exact) mass is 307 g/mol. The van der Waals surface area contributed by atoms with E-state index in [4.69, 9.17) is 11.6 Å². The molecule has 0 atom stereocenters. The molecule has 7 heteroatoms. The number of nitrogens with one attached hydrogen (secondary N) is 1. The van der Waals surface area contributed by atoms with Crippen LogP contribution in [0.4, 0.5) is 19.0 Å². The van der Waals surface area contributed by atoms with Gasteiger partial charge in [-0.05, 0) is 38.5 Å². The summed E-state index contributed by atoms with van der Waals surface area (Å²) in [6.45, 7) is 1.79. The van der Waals surface area contributed by atoms with E-state index in [0.29, 0.717) is 42.2 Å². The van der Waals surface area contributed by atoms with Crippen molar-refractivity contribution in [2.45, 2.75) is 51.2 Å². The topological polar surface area (TPSA) is 37.8 Å². The lowest BCUT2D eigenvalue weighted by atomic mass is 9.84. The quantitative estimate of drug-likeness (QED) is 0.901. The summed E-state index contributed by atoms with van der Waals surface area (Å²) < 4.78 is 37.0. The minimum atomic E-state index is -4.06. The van der Waals surface area contributed by atoms with Crippen molar-refractivity contribution < 1.29 is 13.2 Å². The number of rotatable bonds is 3. The van der Waals surface area contributed by atoms with Gasteiger partial charge >= 0.3 is 6.18 Å². The highest BCUT2D eigenvalue weighted by molar-refractivity contribution is 6.33. The van der Waals surface area contributed by atoms with Gasteiger partial charge in [0.1, 0.15) is 17.2 Å². The summed E-state index contributed by atoms with van der Waals surface area (Å²) in [7, 11) is 0. The number of hydrogen-bond donors (Lipinski definition) is 1. The van der Waals surface area contributed by atoms with Gasteiger partial charge in [-0.25, -0.2) is 9.97 Å². The maximum Gasteiger partial charge on any atom is 0.389 e. The molecular weight excluding hydrogens is 291 g/mol. The predicted octanol–water partition coefficient (Wildman–Crippen LogP) is 4.36. The summed E-state index contributed by atoms with van der Waals surface area (Å²) >= 11 is 6.09. The molecule has 0 spiro atoms. The van der Waals surface area contributed by atoms with Crippen molar-refractivity contribution in [2.75, 3.05) is 5.32 Å². The standard InChI is InChI=1S/C13H17ClF3N3/c1-8-11(14)12(19-7-18-8)20-10-4-2-9(3-5-10)6-13(15,16)17/h7,9-10H,2-6H2,1H3,(H,18,19,20). The van der Waals surface area contributed by atoms with Gasteiger partial charge in [0.25, 0.3) is 0 Å². The van der Waals surface area contributed by atoms with Gasteiger partial charge in [0.15, 0.2) is 0 Å². The molecule has 1 aromatic rings. The minimum absolute atomic E-state index is 0.131. The molecule has 1 N–H and O–H groups in total. The third kappa shape index (κ3) is 4.23. The van der Waals surface area contributed by atoms with E-state index in [1.807, 2.05) is 0 Å². The molecule has 1 aliphatic rings. The van der Waals surface area contributed by atoms with Crippen LogP contribution in [0.15, 0.2) is 6.33 Å². The maximum atomic E-state index is 12.3. The van der Waals surface area contributed by atoms with E-state index in [-0.39, 0.29) is 12.0 Å². The second kappa shape index (κ2) is 6.16. The van der Waals surface area contributed by atoms with E-state index in [2.05, 4.69) is 15.3 Å². The van der Waals surface area contributed by atoms with Crippen molar-refractivity contribution in [1.29, 1.82) is 0 Å². The number of halogens is 4. The van der Waals surface area contributed by atoms with Crippen molar-refractivity contribution in [1.82, 2.24) is 9.97 Å². The Labute approximate surface area is 120 Å². The fourth-order valence-corrected chi connectivity index (χ4v) is 2.74. The van der Waals surface area contributed by atoms with Gasteiger partial charge < -0.3 is 5.32 Å². The van der Waals surface area contributed by atoms with E-state index < -0.39 is 12.6 Å². The lowest BCUT2D eigenvalue weighted by molar-refractivity contribution is -0.146. The molecule has 1 fully saturated rings. The van der Waals surface area contributed by atoms with Crippen molar-refractivity contribution in [2.24, 2.45) is 5.92 Å². The fourth-order valence-electron chi connectivity index (χ4n) is 2.59. The molecule has 20 heavy (non-hydrogen) atoms. The first-order valence-electron chi connectivity index (χ1n) is 6.65. The van der Waals surface area contributed by atoms with Crippen LogP contribution in [0.25, 0.3) is 0 Å². The Morgan fingerprint density at radius 3 is 2.50 bits per heavy atom. The van der Waals surface area contributed by atoms with Gasteiger partial charge in [0, 0.05) is 12.5 Å². The van der Waals surface area contributed by atoms with Crippen LogP contribution in [-0.2, 0) is 0 Å². The summed E-state index contributed by atoms with van der Waals surface area (Å²) in [5, 5.41) is 3.69. The zero-order valence-corrected chi connectivity index (χ0v) is 11.9. The fraction of sp³-hybridized carbons (Fsp3) is 0.692. The summed E-state index contributed by atoms with van der Waals surface area (Å²) in [4.78, 5) is 8.05. The highest BCUT2D eigenvalue weighted by Crippen LogP contribution is 2.35. The summed E-state index contributed by atoms with van der Waals surface area (Å²) in [6.07, 6.45) is -0.720. The summed E-state index contributed by atoms with van der Waals surface area (Å²) in [6, 6.07) is 0.131. The minimum Gasteiger partial charge on any atom is -0.366 e. The number of hydrogen-bond acceptors (Lipinski definition) is 3. The number of aryl methyl sites for hydroxylation is 1. The highest BCUT2D eigenvalue weighted by Gasteiger charge is 2.34. The predicted molar refractivity (Wildman–Crippen MR) is 71.8 cm³/mol. The molecule has 0 bridgehead atoms. The molecule has 0 aromatic carbocycles. The van der Waals surface area contributed by atoms with E-state index >= 15 is 0 Å². The maximum absolute atomic E-state index is 12.3. The number of nitrogens with zero attached hydrogens (tertiary/aromatic N) is 2. The van der Waals surface area contributed by atoms with Crippen molar-refractivity contribution in [3.8, 4) is 0 Å². The SMILES string of the molecule is Cc1ncnc(NC2CCC(CC(F)(F)F)CC2)c1Cl. The molecule has 1 aliphatic carbocycles. The van der Waals surface area contributed by atoms with Crippen LogP contribution >= 0.6 is 11.6 Å². The van der Waals surface area contributed by atoms with Crippen LogP contribution in [0.1, 0.15) is 37.8 Å². The largest absolute Gasteiger partial charge is 0.389 e. The van der Waals surface area contributed by atoms with Crippen molar-refractivity contribution in [3.63, 3.8) is 0 Å². The zero-order valence-electron chi connectivity index (χ0n) is 11.2. The number of anilines is 1. The molecule has 2 rings (SSSR count). The first kappa shape index (κ1) is 15.4. The van der Waals surface area contributed by atoms with Gasteiger partial charge in [0.2, 0.25) is 0 Å². The lowest BCUT2D eigenvalue weighted by Crippen LogP contribution is -2.28. The first-order valence-corrected chi connectivity index (χ1v) is 7.03. The Bertz CT molecular complexity index is 457. The van der Waals surface area contributed by atoms with Crippen LogP contribution in [0.3, 0.4) is 0 Å². The number of alkyl halides is 3. The van der Waals surface area contributed by atoms with Gasteiger partial charge in [-0.15, -0.1) is 0 Å². The van der Waals surface area contributed by atoms with E-state index in [1.54, 1.807) is 6.92 Å². The Morgan fingerprint density at radius 1 is 1.25 bits per heavy atom. The molecule has 0 amide bonds.